The van der Waals surface area contributed by atoms with Crippen molar-refractivity contribution in [3.8, 4) is 0 Å². The van der Waals surface area contributed by atoms with Crippen LogP contribution < -0.4 is 10.6 Å². The summed E-state index contributed by atoms with van der Waals surface area (Å²) in [5.74, 6) is 0.640. The monoisotopic (exact) mass is 336 g/mol. The summed E-state index contributed by atoms with van der Waals surface area (Å²) in [5, 5.41) is 10.8. The topological polar surface area (TPSA) is 59.0 Å². The van der Waals surface area contributed by atoms with Crippen LogP contribution in [0.5, 0.6) is 0 Å². The summed E-state index contributed by atoms with van der Waals surface area (Å²) in [6.45, 7) is 8.09. The third-order valence-corrected chi connectivity index (χ3v) is 4.17. The smallest absolute Gasteiger partial charge is 0.224 e. The second kappa shape index (κ2) is 8.61. The number of aryl methyl sites for hydroxylation is 2. The number of carbonyl (C=O) groups excluding carboxylic acids is 1. The lowest BCUT2D eigenvalue weighted by atomic mass is 9.94. The van der Waals surface area contributed by atoms with E-state index in [0.29, 0.717) is 12.3 Å². The summed E-state index contributed by atoms with van der Waals surface area (Å²) >= 11 is 0. The van der Waals surface area contributed by atoms with Gasteiger partial charge in [-0.3, -0.25) is 9.48 Å². The van der Waals surface area contributed by atoms with Crippen LogP contribution in [-0.4, -0.2) is 34.8 Å². The third kappa shape index (κ3) is 4.87. The van der Waals surface area contributed by atoms with Crippen LogP contribution in [0.2, 0.25) is 0 Å². The highest BCUT2D eigenvalue weighted by atomic mass is 35.5. The Labute approximate surface area is 139 Å². The number of hydrogen-bond donors (Lipinski definition) is 2. The van der Waals surface area contributed by atoms with Crippen LogP contribution in [0.25, 0.3) is 0 Å². The van der Waals surface area contributed by atoms with Gasteiger partial charge in [-0.2, -0.15) is 5.10 Å². The van der Waals surface area contributed by atoms with Crippen LogP contribution in [0.1, 0.15) is 30.3 Å². The first-order chi connectivity index (χ1) is 8.99. The van der Waals surface area contributed by atoms with Crippen molar-refractivity contribution in [1.82, 2.24) is 20.4 Å². The van der Waals surface area contributed by atoms with E-state index in [1.807, 2.05) is 25.6 Å². The van der Waals surface area contributed by atoms with Crippen LogP contribution in [0.15, 0.2) is 0 Å². The van der Waals surface area contributed by atoms with Crippen LogP contribution >= 0.6 is 24.8 Å². The number of aromatic nitrogens is 2. The molecule has 1 amide bonds. The van der Waals surface area contributed by atoms with E-state index in [1.54, 1.807) is 0 Å². The average molecular weight is 337 g/mol. The van der Waals surface area contributed by atoms with Crippen LogP contribution in [0.3, 0.4) is 0 Å². The van der Waals surface area contributed by atoms with Gasteiger partial charge in [0.25, 0.3) is 0 Å². The minimum Gasteiger partial charge on any atom is -0.352 e. The quantitative estimate of drug-likeness (QED) is 0.880. The minimum atomic E-state index is 0. The molecular formula is C14H26Cl2N4O. The van der Waals surface area contributed by atoms with Crippen molar-refractivity contribution in [2.45, 2.75) is 39.7 Å². The first-order valence-electron chi connectivity index (χ1n) is 6.98. The Hall–Kier alpha value is -0.780. The van der Waals surface area contributed by atoms with Crippen molar-refractivity contribution in [3.63, 3.8) is 0 Å². The highest BCUT2D eigenvalue weighted by molar-refractivity contribution is 5.85. The summed E-state index contributed by atoms with van der Waals surface area (Å²) in [6, 6.07) is 0.249. The lowest BCUT2D eigenvalue weighted by molar-refractivity contribution is -0.121. The Morgan fingerprint density at radius 3 is 2.62 bits per heavy atom. The first kappa shape index (κ1) is 20.2. The van der Waals surface area contributed by atoms with E-state index >= 15 is 0 Å². The number of piperidine rings is 1. The number of halogens is 2. The molecule has 0 aromatic carbocycles. The maximum atomic E-state index is 12.2. The van der Waals surface area contributed by atoms with Crippen molar-refractivity contribution in [2.75, 3.05) is 13.1 Å². The molecule has 1 aliphatic heterocycles. The van der Waals surface area contributed by atoms with E-state index in [9.17, 15) is 4.79 Å². The van der Waals surface area contributed by atoms with E-state index in [1.165, 1.54) is 0 Å². The molecule has 2 rings (SSSR count). The van der Waals surface area contributed by atoms with Gasteiger partial charge in [-0.25, -0.2) is 0 Å². The molecule has 0 bridgehead atoms. The second-order valence-corrected chi connectivity index (χ2v) is 5.59. The van der Waals surface area contributed by atoms with E-state index in [0.717, 1.165) is 36.5 Å². The molecule has 1 aliphatic rings. The fraction of sp³-hybridized carbons (Fsp3) is 0.714. The number of rotatable bonds is 3. The molecule has 122 valence electrons. The molecule has 1 aromatic heterocycles. The van der Waals surface area contributed by atoms with Gasteiger partial charge in [-0.05, 0) is 32.7 Å². The van der Waals surface area contributed by atoms with Crippen molar-refractivity contribution in [2.24, 2.45) is 13.0 Å². The number of amides is 1. The van der Waals surface area contributed by atoms with Gasteiger partial charge >= 0.3 is 0 Å². The molecule has 1 fully saturated rings. The summed E-state index contributed by atoms with van der Waals surface area (Å²) in [4.78, 5) is 12.2. The SMILES string of the molecule is Cc1nn(C)c(C)c1CC(=O)NC1CNCCC1C.Cl.Cl. The van der Waals surface area contributed by atoms with Gasteiger partial charge in [-0.15, -0.1) is 24.8 Å². The van der Waals surface area contributed by atoms with E-state index in [2.05, 4.69) is 22.7 Å². The summed E-state index contributed by atoms with van der Waals surface area (Å²) in [5.41, 5.74) is 3.07. The normalized spacial score (nSPS) is 21.1. The summed E-state index contributed by atoms with van der Waals surface area (Å²) in [7, 11) is 1.91. The average Bonchev–Trinajstić information content (AvgIpc) is 2.59. The lowest BCUT2D eigenvalue weighted by Gasteiger charge is -2.30. The Balaban J connectivity index is 0.00000200. The predicted octanol–water partition coefficient (Wildman–Crippen LogP) is 1.54. The van der Waals surface area contributed by atoms with Gasteiger partial charge in [0, 0.05) is 30.9 Å². The van der Waals surface area contributed by atoms with E-state index in [4.69, 9.17) is 0 Å². The summed E-state index contributed by atoms with van der Waals surface area (Å²) in [6.07, 6.45) is 1.55. The highest BCUT2D eigenvalue weighted by Gasteiger charge is 2.23. The molecule has 0 aliphatic carbocycles. The van der Waals surface area contributed by atoms with Crippen LogP contribution in [0, 0.1) is 19.8 Å². The van der Waals surface area contributed by atoms with Crippen LogP contribution in [0.4, 0.5) is 0 Å². The molecule has 2 unspecified atom stereocenters. The molecule has 2 N–H and O–H groups in total. The van der Waals surface area contributed by atoms with Gasteiger partial charge in [0.15, 0.2) is 0 Å². The Kier molecular flexibility index (Phi) is 8.29. The molecule has 0 spiro atoms. The summed E-state index contributed by atoms with van der Waals surface area (Å²) < 4.78 is 1.84. The molecule has 7 heteroatoms. The molecule has 2 heterocycles. The molecule has 0 saturated carbocycles. The highest BCUT2D eigenvalue weighted by Crippen LogP contribution is 2.14. The number of nitrogens with one attached hydrogen (secondary N) is 2. The maximum Gasteiger partial charge on any atom is 0.224 e. The standard InChI is InChI=1S/C14H24N4O.2ClH/c1-9-5-6-15-8-13(9)16-14(19)7-12-10(2)17-18(4)11(12)3;;/h9,13,15H,5-8H2,1-4H3,(H,16,19);2*1H. The number of hydrogen-bond acceptors (Lipinski definition) is 3. The first-order valence-corrected chi connectivity index (χ1v) is 6.98. The van der Waals surface area contributed by atoms with Crippen molar-refractivity contribution < 1.29 is 4.79 Å². The zero-order valence-corrected chi connectivity index (χ0v) is 14.7. The fourth-order valence-electron chi connectivity index (χ4n) is 2.67. The van der Waals surface area contributed by atoms with Crippen LogP contribution in [-0.2, 0) is 18.3 Å². The molecule has 2 atom stereocenters. The van der Waals surface area contributed by atoms with Crippen molar-refractivity contribution in [3.05, 3.63) is 17.0 Å². The minimum absolute atomic E-state index is 0. The van der Waals surface area contributed by atoms with Gasteiger partial charge < -0.3 is 10.6 Å². The predicted molar refractivity (Wildman–Crippen MR) is 89.5 cm³/mol. The largest absolute Gasteiger partial charge is 0.352 e. The molecule has 5 nitrogen and oxygen atoms in total. The van der Waals surface area contributed by atoms with E-state index in [-0.39, 0.29) is 36.8 Å². The third-order valence-electron chi connectivity index (χ3n) is 4.17. The van der Waals surface area contributed by atoms with Gasteiger partial charge in [-0.1, -0.05) is 6.92 Å². The number of nitrogens with zero attached hydrogens (tertiary/aromatic N) is 2. The molecule has 1 saturated heterocycles. The van der Waals surface area contributed by atoms with Crippen molar-refractivity contribution in [1.29, 1.82) is 0 Å². The van der Waals surface area contributed by atoms with E-state index < -0.39 is 0 Å². The zero-order valence-electron chi connectivity index (χ0n) is 13.1. The Morgan fingerprint density at radius 2 is 2.10 bits per heavy atom. The van der Waals surface area contributed by atoms with Gasteiger partial charge in [0.05, 0.1) is 12.1 Å². The number of carbonyl (C=O) groups is 1. The molecule has 0 radical (unpaired) electrons. The molecule has 1 aromatic rings. The Bertz CT molecular complexity index is 476. The van der Waals surface area contributed by atoms with Gasteiger partial charge in [0.2, 0.25) is 5.91 Å². The Morgan fingerprint density at radius 1 is 1.43 bits per heavy atom. The lowest BCUT2D eigenvalue weighted by Crippen LogP contribution is -2.50. The van der Waals surface area contributed by atoms with Crippen molar-refractivity contribution >= 4 is 30.7 Å². The molecular weight excluding hydrogens is 311 g/mol. The fourth-order valence-corrected chi connectivity index (χ4v) is 2.67. The zero-order chi connectivity index (χ0) is 14.0. The van der Waals surface area contributed by atoms with Gasteiger partial charge in [0.1, 0.15) is 0 Å². The molecule has 21 heavy (non-hydrogen) atoms. The maximum absolute atomic E-state index is 12.2. The second-order valence-electron chi connectivity index (χ2n) is 5.59.